The first kappa shape index (κ1) is 15.9. The van der Waals surface area contributed by atoms with E-state index in [1.54, 1.807) is 11.8 Å². The Morgan fingerprint density at radius 3 is 2.33 bits per heavy atom. The first-order chi connectivity index (χ1) is 9.65. The lowest BCUT2D eigenvalue weighted by Crippen LogP contribution is -2.45. The van der Waals surface area contributed by atoms with Crippen LogP contribution in [-0.2, 0) is 10.2 Å². The molecule has 0 aromatic carbocycles. The fraction of sp³-hybridized carbons (Fsp3) is 0.714. The van der Waals surface area contributed by atoms with Gasteiger partial charge in [0.05, 0.1) is 11.1 Å². The molecule has 0 spiro atoms. The maximum Gasteiger partial charge on any atom is 0.309 e. The van der Waals surface area contributed by atoms with Crippen LogP contribution in [0.15, 0.2) is 0 Å². The van der Waals surface area contributed by atoms with Crippen LogP contribution in [-0.4, -0.2) is 44.6 Å². The van der Waals surface area contributed by atoms with Gasteiger partial charge in [-0.2, -0.15) is 0 Å². The minimum atomic E-state index is -0.788. The smallest absolute Gasteiger partial charge is 0.309 e. The number of aliphatic carboxylic acids is 1. The Balaban J connectivity index is 2.13. The van der Waals surface area contributed by atoms with Gasteiger partial charge in [-0.3, -0.25) is 9.59 Å². The van der Waals surface area contributed by atoms with E-state index in [0.717, 1.165) is 11.5 Å². The molecule has 2 heterocycles. The Kier molecular flexibility index (Phi) is 4.06. The van der Waals surface area contributed by atoms with Crippen molar-refractivity contribution in [2.24, 2.45) is 5.41 Å². The van der Waals surface area contributed by atoms with Crippen LogP contribution in [0, 0.1) is 5.41 Å². The lowest BCUT2D eigenvalue weighted by Gasteiger charge is -2.36. The van der Waals surface area contributed by atoms with Gasteiger partial charge >= 0.3 is 5.97 Å². The number of carbonyl (C=O) groups excluding carboxylic acids is 1. The van der Waals surface area contributed by atoms with Gasteiger partial charge in [-0.1, -0.05) is 25.3 Å². The molecule has 0 aliphatic carbocycles. The molecule has 1 aliphatic heterocycles. The van der Waals surface area contributed by atoms with Crippen molar-refractivity contribution in [3.8, 4) is 0 Å². The molecule has 1 aliphatic rings. The molecule has 6 nitrogen and oxygen atoms in total. The number of amides is 1. The highest BCUT2D eigenvalue weighted by Gasteiger charge is 2.39. The van der Waals surface area contributed by atoms with Crippen molar-refractivity contribution in [1.29, 1.82) is 0 Å². The topological polar surface area (TPSA) is 83.4 Å². The Labute approximate surface area is 128 Å². The second-order valence-corrected chi connectivity index (χ2v) is 7.61. The summed E-state index contributed by atoms with van der Waals surface area (Å²) < 4.78 is 3.91. The van der Waals surface area contributed by atoms with E-state index in [9.17, 15) is 14.7 Å². The van der Waals surface area contributed by atoms with Gasteiger partial charge in [0.25, 0.3) is 5.91 Å². The molecule has 0 saturated carbocycles. The van der Waals surface area contributed by atoms with E-state index in [0.29, 0.717) is 36.5 Å². The standard InChI is InChI=1S/C14H21N3O3S/c1-13(2,3)10-9(21-16-15-10)11(18)17-7-5-14(4,6-8-17)12(19)20/h5-8H2,1-4H3,(H,19,20). The van der Waals surface area contributed by atoms with Crippen molar-refractivity contribution >= 4 is 23.4 Å². The summed E-state index contributed by atoms with van der Waals surface area (Å²) >= 11 is 1.12. The zero-order valence-electron chi connectivity index (χ0n) is 12.8. The summed E-state index contributed by atoms with van der Waals surface area (Å²) in [5.74, 6) is -0.869. The zero-order chi connectivity index (χ0) is 15.8. The Hall–Kier alpha value is -1.50. The van der Waals surface area contributed by atoms with Crippen LogP contribution in [0.2, 0.25) is 0 Å². The van der Waals surface area contributed by atoms with E-state index in [1.807, 2.05) is 20.8 Å². The molecule has 7 heteroatoms. The molecule has 0 atom stereocenters. The number of carboxylic acids is 1. The number of nitrogens with zero attached hydrogens (tertiary/aromatic N) is 3. The van der Waals surface area contributed by atoms with Crippen molar-refractivity contribution in [1.82, 2.24) is 14.5 Å². The van der Waals surface area contributed by atoms with Crippen molar-refractivity contribution in [3.05, 3.63) is 10.6 Å². The van der Waals surface area contributed by atoms with Crippen molar-refractivity contribution in [3.63, 3.8) is 0 Å². The van der Waals surface area contributed by atoms with Gasteiger partial charge in [0.1, 0.15) is 4.88 Å². The summed E-state index contributed by atoms with van der Waals surface area (Å²) in [5.41, 5.74) is -0.247. The number of rotatable bonds is 2. The highest BCUT2D eigenvalue weighted by atomic mass is 32.1. The Bertz CT molecular complexity index is 554. The van der Waals surface area contributed by atoms with Gasteiger partial charge in [-0.15, -0.1) is 5.10 Å². The van der Waals surface area contributed by atoms with E-state index in [2.05, 4.69) is 9.59 Å². The summed E-state index contributed by atoms with van der Waals surface area (Å²) in [5, 5.41) is 13.3. The van der Waals surface area contributed by atoms with E-state index >= 15 is 0 Å². The van der Waals surface area contributed by atoms with Gasteiger partial charge in [0, 0.05) is 18.5 Å². The SMILES string of the molecule is CC1(C(=O)O)CCN(C(=O)c2snnc2C(C)(C)C)CC1. The fourth-order valence-electron chi connectivity index (χ4n) is 2.38. The van der Waals surface area contributed by atoms with Crippen LogP contribution in [0.5, 0.6) is 0 Å². The third-order valence-electron chi connectivity index (χ3n) is 4.06. The van der Waals surface area contributed by atoms with E-state index < -0.39 is 11.4 Å². The van der Waals surface area contributed by atoms with E-state index in [-0.39, 0.29) is 11.3 Å². The quantitative estimate of drug-likeness (QED) is 0.905. The van der Waals surface area contributed by atoms with Crippen molar-refractivity contribution in [2.45, 2.75) is 46.0 Å². The molecule has 1 aromatic heterocycles. The molecule has 0 bridgehead atoms. The van der Waals surface area contributed by atoms with E-state index in [4.69, 9.17) is 0 Å². The number of piperidine rings is 1. The number of aromatic nitrogens is 2. The van der Waals surface area contributed by atoms with Crippen LogP contribution < -0.4 is 0 Å². The van der Waals surface area contributed by atoms with Gasteiger partial charge in [0.15, 0.2) is 0 Å². The molecule has 1 saturated heterocycles. The molecule has 1 aromatic rings. The molecule has 21 heavy (non-hydrogen) atoms. The lowest BCUT2D eigenvalue weighted by molar-refractivity contribution is -0.150. The molecular formula is C14H21N3O3S. The van der Waals surface area contributed by atoms with Crippen LogP contribution >= 0.6 is 11.5 Å². The molecule has 0 unspecified atom stereocenters. The molecule has 1 fully saturated rings. The molecule has 1 N–H and O–H groups in total. The fourth-order valence-corrected chi connectivity index (χ4v) is 3.23. The Morgan fingerprint density at radius 1 is 1.29 bits per heavy atom. The second-order valence-electron chi connectivity index (χ2n) is 6.86. The third kappa shape index (κ3) is 3.07. The number of carboxylic acid groups (broad SMARTS) is 1. The van der Waals surface area contributed by atoms with Gasteiger partial charge in [-0.25, -0.2) is 0 Å². The molecule has 0 radical (unpaired) electrons. The number of likely N-dealkylation sites (tertiary alicyclic amines) is 1. The largest absolute Gasteiger partial charge is 0.481 e. The predicted octanol–water partition coefficient (Wildman–Crippen LogP) is 2.16. The lowest BCUT2D eigenvalue weighted by atomic mass is 9.80. The first-order valence-electron chi connectivity index (χ1n) is 7.01. The number of hydrogen-bond acceptors (Lipinski definition) is 5. The maximum absolute atomic E-state index is 12.6. The minimum Gasteiger partial charge on any atom is -0.481 e. The average Bonchev–Trinajstić information content (AvgIpc) is 2.87. The maximum atomic E-state index is 12.6. The predicted molar refractivity (Wildman–Crippen MR) is 79.5 cm³/mol. The highest BCUT2D eigenvalue weighted by Crippen LogP contribution is 2.33. The van der Waals surface area contributed by atoms with Crippen molar-refractivity contribution < 1.29 is 14.7 Å². The molecule has 2 rings (SSSR count). The minimum absolute atomic E-state index is 0.0811. The third-order valence-corrected chi connectivity index (χ3v) is 4.78. The molecule has 116 valence electrons. The summed E-state index contributed by atoms with van der Waals surface area (Å²) in [6, 6.07) is 0. The summed E-state index contributed by atoms with van der Waals surface area (Å²) in [7, 11) is 0. The molecule has 1 amide bonds. The van der Waals surface area contributed by atoms with Gasteiger partial charge in [0.2, 0.25) is 0 Å². The summed E-state index contributed by atoms with van der Waals surface area (Å²) in [6.45, 7) is 8.66. The van der Waals surface area contributed by atoms with Gasteiger partial charge < -0.3 is 10.0 Å². The zero-order valence-corrected chi connectivity index (χ0v) is 13.7. The average molecular weight is 311 g/mol. The molecular weight excluding hydrogens is 290 g/mol. The summed E-state index contributed by atoms with van der Waals surface area (Å²) in [6.07, 6.45) is 0.955. The summed E-state index contributed by atoms with van der Waals surface area (Å²) in [4.78, 5) is 26.2. The first-order valence-corrected chi connectivity index (χ1v) is 7.78. The van der Waals surface area contributed by atoms with Crippen molar-refractivity contribution in [2.75, 3.05) is 13.1 Å². The van der Waals surface area contributed by atoms with Crippen LogP contribution in [0.25, 0.3) is 0 Å². The Morgan fingerprint density at radius 2 is 1.86 bits per heavy atom. The number of hydrogen-bond donors (Lipinski definition) is 1. The van der Waals surface area contributed by atoms with E-state index in [1.165, 1.54) is 0 Å². The van der Waals surface area contributed by atoms with Crippen LogP contribution in [0.1, 0.15) is 55.9 Å². The van der Waals surface area contributed by atoms with Crippen LogP contribution in [0.4, 0.5) is 0 Å². The van der Waals surface area contributed by atoms with Gasteiger partial charge in [-0.05, 0) is 31.3 Å². The number of carbonyl (C=O) groups is 2. The highest BCUT2D eigenvalue weighted by molar-refractivity contribution is 7.08. The monoisotopic (exact) mass is 311 g/mol. The normalized spacial score (nSPS) is 18.6. The second kappa shape index (κ2) is 5.36. The van der Waals surface area contributed by atoms with Crippen LogP contribution in [0.3, 0.4) is 0 Å².